The zero-order valence-corrected chi connectivity index (χ0v) is 13.0. The normalized spacial score (nSPS) is 22.7. The van der Waals surface area contributed by atoms with Crippen molar-refractivity contribution >= 4 is 23.2 Å². The first-order valence-corrected chi connectivity index (χ1v) is 7.77. The van der Waals surface area contributed by atoms with Gasteiger partial charge >= 0.3 is 0 Å². The highest BCUT2D eigenvalue weighted by molar-refractivity contribution is 6.30. The summed E-state index contributed by atoms with van der Waals surface area (Å²) < 4.78 is 11.1. The van der Waals surface area contributed by atoms with E-state index >= 15 is 0 Å². The molecule has 118 valence electrons. The molecular formula is C17H15ClN2O3. The average molecular weight is 331 g/mol. The number of carbonyl (C=O) groups excluding carboxylic acids is 1. The third-order valence-electron chi connectivity index (χ3n) is 4.16. The van der Waals surface area contributed by atoms with E-state index in [2.05, 4.69) is 0 Å². The summed E-state index contributed by atoms with van der Waals surface area (Å²) >= 11 is 5.93. The molecule has 1 fully saturated rings. The van der Waals surface area contributed by atoms with Crippen molar-refractivity contribution in [3.8, 4) is 11.5 Å². The summed E-state index contributed by atoms with van der Waals surface area (Å²) in [7, 11) is 0. The van der Waals surface area contributed by atoms with E-state index in [1.807, 2.05) is 30.3 Å². The van der Waals surface area contributed by atoms with Gasteiger partial charge in [0.2, 0.25) is 5.91 Å². The van der Waals surface area contributed by atoms with Crippen molar-refractivity contribution in [2.24, 2.45) is 5.73 Å². The number of nitrogens with two attached hydrogens (primary N) is 1. The van der Waals surface area contributed by atoms with Gasteiger partial charge < -0.3 is 20.1 Å². The molecule has 2 N–H and O–H groups in total. The smallest absolute Gasteiger partial charge is 0.247 e. The highest BCUT2D eigenvalue weighted by Crippen LogP contribution is 2.42. The number of rotatable bonds is 2. The van der Waals surface area contributed by atoms with Crippen molar-refractivity contribution in [2.75, 3.05) is 18.1 Å². The van der Waals surface area contributed by atoms with Crippen molar-refractivity contribution in [1.82, 2.24) is 0 Å². The second-order valence-corrected chi connectivity index (χ2v) is 5.99. The minimum Gasteiger partial charge on any atom is -0.486 e. The molecule has 0 bridgehead atoms. The molecule has 0 spiro atoms. The summed E-state index contributed by atoms with van der Waals surface area (Å²) in [5.74, 6) is 1.24. The predicted octanol–water partition coefficient (Wildman–Crippen LogP) is 2.53. The first-order chi connectivity index (χ1) is 11.1. The van der Waals surface area contributed by atoms with Gasteiger partial charge in [-0.3, -0.25) is 4.79 Å². The number of nitrogens with zero attached hydrogens (tertiary/aromatic N) is 1. The number of anilines is 1. The maximum atomic E-state index is 12.3. The van der Waals surface area contributed by atoms with E-state index in [4.69, 9.17) is 26.8 Å². The molecule has 2 aromatic carbocycles. The van der Waals surface area contributed by atoms with Crippen molar-refractivity contribution < 1.29 is 14.3 Å². The van der Waals surface area contributed by atoms with E-state index < -0.39 is 6.04 Å². The Kier molecular flexibility index (Phi) is 3.39. The number of benzene rings is 2. The number of hydrogen-bond donors (Lipinski definition) is 1. The number of β-lactam (4-membered cyclic amide) rings is 1. The minimum absolute atomic E-state index is 0.110. The van der Waals surface area contributed by atoms with Crippen molar-refractivity contribution in [1.29, 1.82) is 0 Å². The fraction of sp³-hybridized carbons (Fsp3) is 0.235. The van der Waals surface area contributed by atoms with Crippen LogP contribution in [-0.4, -0.2) is 25.2 Å². The van der Waals surface area contributed by atoms with Gasteiger partial charge in [0, 0.05) is 16.8 Å². The molecule has 2 aromatic rings. The van der Waals surface area contributed by atoms with Gasteiger partial charge in [0.15, 0.2) is 11.5 Å². The Morgan fingerprint density at radius 2 is 1.74 bits per heavy atom. The fourth-order valence-electron chi connectivity index (χ4n) is 3.00. The highest BCUT2D eigenvalue weighted by Gasteiger charge is 2.46. The van der Waals surface area contributed by atoms with Gasteiger partial charge in [-0.2, -0.15) is 0 Å². The van der Waals surface area contributed by atoms with Crippen molar-refractivity contribution in [2.45, 2.75) is 12.1 Å². The highest BCUT2D eigenvalue weighted by atomic mass is 35.5. The standard InChI is InChI=1S/C17H15ClN2O3/c18-11-3-1-10(2-4-11)16-15(19)17(21)20(16)12-5-6-13-14(9-12)23-8-7-22-13/h1-6,9,15-16H,7-8,19H2/t15-,16-/m0/s1. The maximum absolute atomic E-state index is 12.3. The van der Waals surface area contributed by atoms with Crippen LogP contribution >= 0.6 is 11.6 Å². The molecule has 1 saturated heterocycles. The van der Waals surface area contributed by atoms with Crippen LogP contribution < -0.4 is 20.1 Å². The fourth-order valence-corrected chi connectivity index (χ4v) is 3.12. The molecule has 5 nitrogen and oxygen atoms in total. The van der Waals surface area contributed by atoms with Crippen molar-refractivity contribution in [3.63, 3.8) is 0 Å². The molecule has 1 amide bonds. The van der Waals surface area contributed by atoms with Gasteiger partial charge in [-0.25, -0.2) is 0 Å². The zero-order valence-electron chi connectivity index (χ0n) is 12.2. The number of halogens is 1. The van der Waals surface area contributed by atoms with Crippen LogP contribution in [0.2, 0.25) is 5.02 Å². The summed E-state index contributed by atoms with van der Waals surface area (Å²) in [5.41, 5.74) is 7.73. The lowest BCUT2D eigenvalue weighted by atomic mass is 9.88. The Labute approximate surface area is 138 Å². The Hall–Kier alpha value is -2.24. The molecule has 2 aliphatic rings. The molecule has 2 atom stereocenters. The average Bonchev–Trinajstić information content (AvgIpc) is 2.59. The second kappa shape index (κ2) is 5.44. The Morgan fingerprint density at radius 3 is 2.48 bits per heavy atom. The molecule has 0 aromatic heterocycles. The molecule has 4 rings (SSSR count). The van der Waals surface area contributed by atoms with E-state index in [9.17, 15) is 4.79 Å². The van der Waals surface area contributed by atoms with Crippen LogP contribution in [0, 0.1) is 0 Å². The second-order valence-electron chi connectivity index (χ2n) is 5.56. The molecule has 0 unspecified atom stereocenters. The summed E-state index contributed by atoms with van der Waals surface area (Å²) in [4.78, 5) is 14.0. The third-order valence-corrected chi connectivity index (χ3v) is 4.41. The topological polar surface area (TPSA) is 64.8 Å². The predicted molar refractivity (Wildman–Crippen MR) is 87.1 cm³/mol. The molecule has 2 aliphatic heterocycles. The molecule has 0 aliphatic carbocycles. The first-order valence-electron chi connectivity index (χ1n) is 7.39. The van der Waals surface area contributed by atoms with Crippen LogP contribution in [0.15, 0.2) is 42.5 Å². The summed E-state index contributed by atoms with van der Waals surface area (Å²) in [6.45, 7) is 1.04. The van der Waals surface area contributed by atoms with Crippen LogP contribution in [0.3, 0.4) is 0 Å². The van der Waals surface area contributed by atoms with Gasteiger partial charge in [0.1, 0.15) is 19.3 Å². The largest absolute Gasteiger partial charge is 0.486 e. The maximum Gasteiger partial charge on any atom is 0.247 e. The number of hydrogen-bond acceptors (Lipinski definition) is 4. The van der Waals surface area contributed by atoms with Gasteiger partial charge in [0.25, 0.3) is 0 Å². The molecule has 0 saturated carbocycles. The number of amides is 1. The lowest BCUT2D eigenvalue weighted by Crippen LogP contribution is -2.63. The quantitative estimate of drug-likeness (QED) is 0.859. The van der Waals surface area contributed by atoms with Gasteiger partial charge in [-0.05, 0) is 29.8 Å². The van der Waals surface area contributed by atoms with E-state index in [1.165, 1.54) is 0 Å². The van der Waals surface area contributed by atoms with Gasteiger partial charge in [0.05, 0.1) is 6.04 Å². The summed E-state index contributed by atoms with van der Waals surface area (Å²) in [6.07, 6.45) is 0. The van der Waals surface area contributed by atoms with Crippen LogP contribution in [0.5, 0.6) is 11.5 Å². The monoisotopic (exact) mass is 330 g/mol. The number of fused-ring (bicyclic) bond motifs is 1. The van der Waals surface area contributed by atoms with Gasteiger partial charge in [-0.1, -0.05) is 23.7 Å². The lowest BCUT2D eigenvalue weighted by molar-refractivity contribution is -0.126. The first kappa shape index (κ1) is 14.4. The molecule has 2 heterocycles. The number of ether oxygens (including phenoxy) is 2. The summed E-state index contributed by atoms with van der Waals surface area (Å²) in [5, 5.41) is 0.652. The minimum atomic E-state index is -0.552. The molecular weight excluding hydrogens is 316 g/mol. The van der Waals surface area contributed by atoms with E-state index in [0.717, 1.165) is 11.3 Å². The molecule has 0 radical (unpaired) electrons. The SMILES string of the molecule is N[C@@H]1C(=O)N(c2ccc3c(c2)OCCO3)[C@H]1c1ccc(Cl)cc1. The lowest BCUT2D eigenvalue weighted by Gasteiger charge is -2.45. The van der Waals surface area contributed by atoms with Crippen LogP contribution in [0.25, 0.3) is 0 Å². The third kappa shape index (κ3) is 2.33. The zero-order chi connectivity index (χ0) is 16.0. The van der Waals surface area contributed by atoms with E-state index in [-0.39, 0.29) is 11.9 Å². The van der Waals surface area contributed by atoms with Crippen molar-refractivity contribution in [3.05, 3.63) is 53.1 Å². The Morgan fingerprint density at radius 1 is 1.04 bits per heavy atom. The van der Waals surface area contributed by atoms with Gasteiger partial charge in [-0.15, -0.1) is 0 Å². The van der Waals surface area contributed by atoms with Crippen LogP contribution in [-0.2, 0) is 4.79 Å². The van der Waals surface area contributed by atoms with Crippen LogP contribution in [0.4, 0.5) is 5.69 Å². The van der Waals surface area contributed by atoms with E-state index in [0.29, 0.717) is 29.7 Å². The molecule has 23 heavy (non-hydrogen) atoms. The Balaban J connectivity index is 1.69. The Bertz CT molecular complexity index is 763. The van der Waals surface area contributed by atoms with E-state index in [1.54, 1.807) is 17.0 Å². The van der Waals surface area contributed by atoms with Crippen LogP contribution in [0.1, 0.15) is 11.6 Å². The molecule has 6 heteroatoms. The summed E-state index contributed by atoms with van der Waals surface area (Å²) in [6, 6.07) is 12.1. The number of carbonyl (C=O) groups is 1.